The molecule has 25 heavy (non-hydrogen) atoms. The third kappa shape index (κ3) is 8.42. The largest absolute Gasteiger partial charge is 0.484 e. The van der Waals surface area contributed by atoms with Crippen LogP contribution in [0.2, 0.25) is 0 Å². The van der Waals surface area contributed by atoms with E-state index < -0.39 is 11.7 Å². The van der Waals surface area contributed by atoms with E-state index >= 15 is 0 Å². The SMILES string of the molecule is Cc1ccccc1OCC(=O)NCC(NC(=O)OC(C)(C)C)C(C)C. The monoisotopic (exact) mass is 350 g/mol. The molecule has 0 saturated carbocycles. The van der Waals surface area contributed by atoms with Gasteiger partial charge in [0.1, 0.15) is 11.4 Å². The van der Waals surface area contributed by atoms with E-state index in [0.717, 1.165) is 5.56 Å². The molecule has 0 spiro atoms. The van der Waals surface area contributed by atoms with Crippen molar-refractivity contribution in [2.24, 2.45) is 5.92 Å². The van der Waals surface area contributed by atoms with Crippen LogP contribution in [0.1, 0.15) is 40.2 Å². The standard InChI is InChI=1S/C19H30N2O4/c1-13(2)15(21-18(23)25-19(4,5)6)11-20-17(22)12-24-16-10-8-7-9-14(16)3/h7-10,13,15H,11-12H2,1-6H3,(H,20,22)(H,21,23). The maximum absolute atomic E-state index is 12.0. The lowest BCUT2D eigenvalue weighted by molar-refractivity contribution is -0.123. The predicted octanol–water partition coefficient (Wildman–Crippen LogP) is 3.04. The number of hydrogen-bond acceptors (Lipinski definition) is 4. The van der Waals surface area contributed by atoms with Gasteiger partial charge >= 0.3 is 6.09 Å². The fourth-order valence-corrected chi connectivity index (χ4v) is 2.05. The number of ether oxygens (including phenoxy) is 2. The minimum Gasteiger partial charge on any atom is -0.484 e. The van der Waals surface area contributed by atoms with Gasteiger partial charge < -0.3 is 20.1 Å². The van der Waals surface area contributed by atoms with Crippen LogP contribution >= 0.6 is 0 Å². The van der Waals surface area contributed by atoms with E-state index in [-0.39, 0.29) is 24.5 Å². The Labute approximate surface area is 150 Å². The summed E-state index contributed by atoms with van der Waals surface area (Å²) in [7, 11) is 0. The summed E-state index contributed by atoms with van der Waals surface area (Å²) in [5.74, 6) is 0.593. The first-order chi connectivity index (χ1) is 11.6. The molecule has 6 heteroatoms. The number of aryl methyl sites for hydroxylation is 1. The molecule has 1 aromatic carbocycles. The van der Waals surface area contributed by atoms with Gasteiger partial charge in [0.2, 0.25) is 0 Å². The molecule has 0 saturated heterocycles. The average molecular weight is 350 g/mol. The molecule has 1 unspecified atom stereocenters. The Morgan fingerprint density at radius 3 is 2.36 bits per heavy atom. The van der Waals surface area contributed by atoms with E-state index in [1.807, 2.05) is 65.8 Å². The van der Waals surface area contributed by atoms with E-state index in [2.05, 4.69) is 10.6 Å². The molecule has 2 N–H and O–H groups in total. The molecule has 1 rings (SSSR count). The van der Waals surface area contributed by atoms with Gasteiger partial charge in [0.05, 0.1) is 6.04 Å². The molecular weight excluding hydrogens is 320 g/mol. The first-order valence-corrected chi connectivity index (χ1v) is 8.53. The normalized spacial score (nSPS) is 12.4. The Morgan fingerprint density at radius 2 is 1.80 bits per heavy atom. The van der Waals surface area contributed by atoms with Gasteiger partial charge in [-0.15, -0.1) is 0 Å². The minimum absolute atomic E-state index is 0.0674. The molecule has 0 radical (unpaired) electrons. The number of nitrogens with one attached hydrogen (secondary N) is 2. The number of rotatable bonds is 7. The Kier molecular flexibility index (Phi) is 7.74. The zero-order valence-corrected chi connectivity index (χ0v) is 16.0. The van der Waals surface area contributed by atoms with Crippen molar-refractivity contribution in [3.63, 3.8) is 0 Å². The van der Waals surface area contributed by atoms with Gasteiger partial charge in [0, 0.05) is 6.54 Å². The summed E-state index contributed by atoms with van der Waals surface area (Å²) in [5, 5.41) is 5.58. The topological polar surface area (TPSA) is 76.7 Å². The highest BCUT2D eigenvalue weighted by Crippen LogP contribution is 2.15. The molecule has 140 valence electrons. The summed E-state index contributed by atoms with van der Waals surface area (Å²) < 4.78 is 10.8. The van der Waals surface area contributed by atoms with Crippen LogP contribution in [0, 0.1) is 12.8 Å². The first-order valence-electron chi connectivity index (χ1n) is 8.53. The highest BCUT2D eigenvalue weighted by Gasteiger charge is 2.22. The molecule has 0 heterocycles. The lowest BCUT2D eigenvalue weighted by Crippen LogP contribution is -2.48. The zero-order chi connectivity index (χ0) is 19.0. The third-order valence-electron chi connectivity index (χ3n) is 3.48. The molecule has 2 amide bonds. The molecule has 1 atom stereocenters. The van der Waals surface area contributed by atoms with Crippen LogP contribution in [0.4, 0.5) is 4.79 Å². The van der Waals surface area contributed by atoms with E-state index in [0.29, 0.717) is 12.3 Å². The number of carbonyl (C=O) groups is 2. The van der Waals surface area contributed by atoms with Crippen LogP contribution in [0.5, 0.6) is 5.75 Å². The second-order valence-electron chi connectivity index (χ2n) is 7.35. The number of para-hydroxylation sites is 1. The van der Waals surface area contributed by atoms with Crippen molar-refractivity contribution in [3.05, 3.63) is 29.8 Å². The first kappa shape index (κ1) is 20.8. The fraction of sp³-hybridized carbons (Fsp3) is 0.579. The number of amides is 2. The van der Waals surface area contributed by atoms with Crippen molar-refractivity contribution in [1.29, 1.82) is 0 Å². The summed E-state index contributed by atoms with van der Waals surface area (Å²) in [6.07, 6.45) is -0.489. The van der Waals surface area contributed by atoms with Gasteiger partial charge in [-0.3, -0.25) is 4.79 Å². The highest BCUT2D eigenvalue weighted by atomic mass is 16.6. The Hall–Kier alpha value is -2.24. The van der Waals surface area contributed by atoms with Crippen LogP contribution in [0.25, 0.3) is 0 Å². The van der Waals surface area contributed by atoms with Crippen molar-refractivity contribution >= 4 is 12.0 Å². The second-order valence-corrected chi connectivity index (χ2v) is 7.35. The average Bonchev–Trinajstić information content (AvgIpc) is 2.48. The lowest BCUT2D eigenvalue weighted by Gasteiger charge is -2.26. The van der Waals surface area contributed by atoms with E-state index in [1.165, 1.54) is 0 Å². The third-order valence-corrected chi connectivity index (χ3v) is 3.48. The summed E-state index contributed by atoms with van der Waals surface area (Å²) in [6.45, 7) is 11.5. The van der Waals surface area contributed by atoms with Crippen molar-refractivity contribution in [2.75, 3.05) is 13.2 Å². The van der Waals surface area contributed by atoms with Gasteiger partial charge in [0.15, 0.2) is 6.61 Å². The smallest absolute Gasteiger partial charge is 0.407 e. The van der Waals surface area contributed by atoms with E-state index in [1.54, 1.807) is 0 Å². The maximum Gasteiger partial charge on any atom is 0.407 e. The van der Waals surface area contributed by atoms with Crippen molar-refractivity contribution in [1.82, 2.24) is 10.6 Å². The quantitative estimate of drug-likeness (QED) is 0.792. The number of carbonyl (C=O) groups excluding carboxylic acids is 2. The zero-order valence-electron chi connectivity index (χ0n) is 16.0. The maximum atomic E-state index is 12.0. The minimum atomic E-state index is -0.559. The Morgan fingerprint density at radius 1 is 1.16 bits per heavy atom. The molecule has 0 aliphatic carbocycles. The van der Waals surface area contributed by atoms with E-state index in [4.69, 9.17) is 9.47 Å². The number of benzene rings is 1. The second kappa shape index (κ2) is 9.30. The molecule has 0 aliphatic rings. The lowest BCUT2D eigenvalue weighted by atomic mass is 10.0. The molecule has 1 aromatic rings. The van der Waals surface area contributed by atoms with E-state index in [9.17, 15) is 9.59 Å². The number of hydrogen-bond donors (Lipinski definition) is 2. The van der Waals surface area contributed by atoms with Crippen molar-refractivity contribution < 1.29 is 19.1 Å². The van der Waals surface area contributed by atoms with Crippen LogP contribution in [0.3, 0.4) is 0 Å². The van der Waals surface area contributed by atoms with Gasteiger partial charge in [-0.05, 0) is 45.2 Å². The van der Waals surface area contributed by atoms with Gasteiger partial charge in [0.25, 0.3) is 5.91 Å². The summed E-state index contributed by atoms with van der Waals surface area (Å²) in [4.78, 5) is 23.9. The van der Waals surface area contributed by atoms with Crippen molar-refractivity contribution in [3.8, 4) is 5.75 Å². The molecule has 0 fully saturated rings. The van der Waals surface area contributed by atoms with Crippen LogP contribution in [0.15, 0.2) is 24.3 Å². The Bertz CT molecular complexity index is 579. The summed E-state index contributed by atoms with van der Waals surface area (Å²) >= 11 is 0. The summed E-state index contributed by atoms with van der Waals surface area (Å²) in [6, 6.07) is 7.30. The molecule has 0 aromatic heterocycles. The van der Waals surface area contributed by atoms with Crippen molar-refractivity contribution in [2.45, 2.75) is 53.2 Å². The predicted molar refractivity (Wildman–Crippen MR) is 97.7 cm³/mol. The van der Waals surface area contributed by atoms with Crippen LogP contribution in [-0.2, 0) is 9.53 Å². The number of alkyl carbamates (subject to hydrolysis) is 1. The Balaban J connectivity index is 2.44. The summed E-state index contributed by atoms with van der Waals surface area (Å²) in [5.41, 5.74) is 0.415. The molecular formula is C19H30N2O4. The molecule has 0 aliphatic heterocycles. The van der Waals surface area contributed by atoms with Crippen LogP contribution in [-0.4, -0.2) is 36.8 Å². The molecule has 0 bridgehead atoms. The van der Waals surface area contributed by atoms with Gasteiger partial charge in [-0.2, -0.15) is 0 Å². The van der Waals surface area contributed by atoms with Gasteiger partial charge in [-0.1, -0.05) is 32.0 Å². The van der Waals surface area contributed by atoms with Crippen LogP contribution < -0.4 is 15.4 Å². The highest BCUT2D eigenvalue weighted by molar-refractivity contribution is 5.77. The fourth-order valence-electron chi connectivity index (χ4n) is 2.05. The molecule has 6 nitrogen and oxygen atoms in total. The van der Waals surface area contributed by atoms with Gasteiger partial charge in [-0.25, -0.2) is 4.79 Å².